The predicted octanol–water partition coefficient (Wildman–Crippen LogP) is 3.74. The lowest BCUT2D eigenvalue weighted by atomic mass is 9.96. The maximum Gasteiger partial charge on any atom is 0.141 e. The van der Waals surface area contributed by atoms with E-state index < -0.39 is 11.6 Å². The SMILES string of the molecule is Fc1cncc([C@H](Oc2ccc(F)cc2Cl)[C@H]2CCNC2)c1. The van der Waals surface area contributed by atoms with Crippen molar-refractivity contribution < 1.29 is 13.5 Å². The van der Waals surface area contributed by atoms with Crippen molar-refractivity contribution in [2.45, 2.75) is 12.5 Å². The third-order valence-corrected chi connectivity index (χ3v) is 4.02. The molecule has 1 aromatic carbocycles. The topological polar surface area (TPSA) is 34.1 Å². The molecular formula is C16H15ClF2N2O. The van der Waals surface area contributed by atoms with Gasteiger partial charge < -0.3 is 10.1 Å². The van der Waals surface area contributed by atoms with Crippen molar-refractivity contribution >= 4 is 11.6 Å². The van der Waals surface area contributed by atoms with E-state index in [2.05, 4.69) is 10.3 Å². The molecule has 1 fully saturated rings. The summed E-state index contributed by atoms with van der Waals surface area (Å²) in [5, 5.41) is 3.45. The molecule has 1 N–H and O–H groups in total. The highest BCUT2D eigenvalue weighted by Gasteiger charge is 2.29. The number of pyridine rings is 1. The van der Waals surface area contributed by atoms with Crippen LogP contribution in [0, 0.1) is 17.6 Å². The zero-order valence-corrected chi connectivity index (χ0v) is 12.5. The highest BCUT2D eigenvalue weighted by Crippen LogP contribution is 2.35. The van der Waals surface area contributed by atoms with Gasteiger partial charge in [0.25, 0.3) is 0 Å². The van der Waals surface area contributed by atoms with Crippen LogP contribution in [0.15, 0.2) is 36.7 Å². The van der Waals surface area contributed by atoms with E-state index in [0.717, 1.165) is 25.7 Å². The van der Waals surface area contributed by atoms with Crippen molar-refractivity contribution in [3.05, 3.63) is 58.9 Å². The lowest BCUT2D eigenvalue weighted by Gasteiger charge is -2.25. The Bertz CT molecular complexity index is 662. The minimum absolute atomic E-state index is 0.171. The molecule has 2 heterocycles. The lowest BCUT2D eigenvalue weighted by molar-refractivity contribution is 0.143. The van der Waals surface area contributed by atoms with Gasteiger partial charge in [0.2, 0.25) is 0 Å². The fraction of sp³-hybridized carbons (Fsp3) is 0.312. The Labute approximate surface area is 132 Å². The fourth-order valence-electron chi connectivity index (χ4n) is 2.66. The molecule has 3 nitrogen and oxygen atoms in total. The molecule has 1 saturated heterocycles. The fourth-order valence-corrected chi connectivity index (χ4v) is 2.88. The second-order valence-electron chi connectivity index (χ2n) is 5.30. The Morgan fingerprint density at radius 1 is 1.23 bits per heavy atom. The van der Waals surface area contributed by atoms with Crippen molar-refractivity contribution in [2.75, 3.05) is 13.1 Å². The molecule has 6 heteroatoms. The van der Waals surface area contributed by atoms with Crippen LogP contribution in [0.25, 0.3) is 0 Å². The van der Waals surface area contributed by atoms with Gasteiger partial charge in [-0.15, -0.1) is 0 Å². The molecule has 2 aromatic rings. The smallest absolute Gasteiger partial charge is 0.141 e. The second kappa shape index (κ2) is 6.58. The first-order valence-corrected chi connectivity index (χ1v) is 7.44. The maximum absolute atomic E-state index is 13.5. The molecule has 0 unspecified atom stereocenters. The Morgan fingerprint density at radius 2 is 2.09 bits per heavy atom. The minimum Gasteiger partial charge on any atom is -0.484 e. The van der Waals surface area contributed by atoms with Gasteiger partial charge in [0, 0.05) is 24.2 Å². The van der Waals surface area contributed by atoms with Gasteiger partial charge in [-0.1, -0.05) is 11.6 Å². The maximum atomic E-state index is 13.5. The number of halogens is 3. The quantitative estimate of drug-likeness (QED) is 0.930. The molecular weight excluding hydrogens is 310 g/mol. The van der Waals surface area contributed by atoms with Gasteiger partial charge in [-0.3, -0.25) is 4.98 Å². The van der Waals surface area contributed by atoms with Gasteiger partial charge in [-0.25, -0.2) is 8.78 Å². The van der Waals surface area contributed by atoms with Crippen molar-refractivity contribution in [1.82, 2.24) is 10.3 Å². The summed E-state index contributed by atoms with van der Waals surface area (Å²) in [7, 11) is 0. The largest absolute Gasteiger partial charge is 0.484 e. The van der Waals surface area contributed by atoms with Crippen LogP contribution in [0.3, 0.4) is 0 Å². The molecule has 0 radical (unpaired) electrons. The highest BCUT2D eigenvalue weighted by molar-refractivity contribution is 6.32. The van der Waals surface area contributed by atoms with E-state index in [4.69, 9.17) is 16.3 Å². The summed E-state index contributed by atoms with van der Waals surface area (Å²) in [6.07, 6.45) is 3.25. The molecule has 1 aliphatic rings. The Kier molecular flexibility index (Phi) is 4.55. The van der Waals surface area contributed by atoms with Gasteiger partial charge in [-0.05, 0) is 37.2 Å². The van der Waals surface area contributed by atoms with Crippen molar-refractivity contribution in [3.63, 3.8) is 0 Å². The third kappa shape index (κ3) is 3.36. The highest BCUT2D eigenvalue weighted by atomic mass is 35.5. The van der Waals surface area contributed by atoms with Crippen LogP contribution in [0.4, 0.5) is 8.78 Å². The van der Waals surface area contributed by atoms with Gasteiger partial charge in [-0.2, -0.15) is 0 Å². The normalized spacial score (nSPS) is 19.1. The van der Waals surface area contributed by atoms with Crippen molar-refractivity contribution in [1.29, 1.82) is 0 Å². The van der Waals surface area contributed by atoms with Gasteiger partial charge in [0.15, 0.2) is 0 Å². The van der Waals surface area contributed by atoms with Crippen LogP contribution in [0.1, 0.15) is 18.1 Å². The molecule has 0 bridgehead atoms. The second-order valence-corrected chi connectivity index (χ2v) is 5.71. The van der Waals surface area contributed by atoms with Crippen molar-refractivity contribution in [2.24, 2.45) is 5.92 Å². The molecule has 22 heavy (non-hydrogen) atoms. The monoisotopic (exact) mass is 324 g/mol. The van der Waals surface area contributed by atoms with E-state index in [1.54, 1.807) is 6.20 Å². The number of ether oxygens (including phenoxy) is 1. The van der Waals surface area contributed by atoms with E-state index in [0.29, 0.717) is 11.3 Å². The van der Waals surface area contributed by atoms with E-state index in [1.807, 2.05) is 0 Å². The Morgan fingerprint density at radius 3 is 2.77 bits per heavy atom. The molecule has 3 rings (SSSR count). The van der Waals surface area contributed by atoms with E-state index in [-0.39, 0.29) is 17.0 Å². The average molecular weight is 325 g/mol. The molecule has 0 spiro atoms. The first-order valence-electron chi connectivity index (χ1n) is 7.06. The van der Waals surface area contributed by atoms with Crippen molar-refractivity contribution in [3.8, 4) is 5.75 Å². The van der Waals surface area contributed by atoms with E-state index in [9.17, 15) is 8.78 Å². The predicted molar refractivity (Wildman–Crippen MR) is 80.0 cm³/mol. The summed E-state index contributed by atoms with van der Waals surface area (Å²) >= 11 is 6.03. The number of aromatic nitrogens is 1. The van der Waals surface area contributed by atoms with Gasteiger partial charge in [0.05, 0.1) is 11.2 Å². The summed E-state index contributed by atoms with van der Waals surface area (Å²) in [5.41, 5.74) is 0.647. The van der Waals surface area contributed by atoms with E-state index >= 15 is 0 Å². The number of rotatable bonds is 4. The van der Waals surface area contributed by atoms with E-state index in [1.165, 1.54) is 24.3 Å². The number of nitrogens with zero attached hydrogens (tertiary/aromatic N) is 1. The number of nitrogens with one attached hydrogen (secondary N) is 1. The van der Waals surface area contributed by atoms with Gasteiger partial charge >= 0.3 is 0 Å². The third-order valence-electron chi connectivity index (χ3n) is 3.73. The zero-order valence-electron chi connectivity index (χ0n) is 11.7. The zero-order chi connectivity index (χ0) is 15.5. The van der Waals surface area contributed by atoms with Crippen LogP contribution in [0.2, 0.25) is 5.02 Å². The number of benzene rings is 1. The van der Waals surface area contributed by atoms with Crippen LogP contribution in [-0.2, 0) is 0 Å². The molecule has 0 saturated carbocycles. The average Bonchev–Trinajstić information content (AvgIpc) is 3.00. The van der Waals surface area contributed by atoms with Crippen LogP contribution in [-0.4, -0.2) is 18.1 Å². The minimum atomic E-state index is -0.427. The van der Waals surface area contributed by atoms with Crippen LogP contribution in [0.5, 0.6) is 5.75 Å². The summed E-state index contributed by atoms with van der Waals surface area (Å²) in [6.45, 7) is 1.64. The molecule has 1 aliphatic heterocycles. The summed E-state index contributed by atoms with van der Waals surface area (Å²) in [5.74, 6) is -0.292. The lowest BCUT2D eigenvalue weighted by Crippen LogP contribution is -2.22. The Hall–Kier alpha value is -1.72. The molecule has 1 aromatic heterocycles. The Balaban J connectivity index is 1.91. The summed E-state index contributed by atoms with van der Waals surface area (Å²) in [4.78, 5) is 3.89. The molecule has 0 amide bonds. The summed E-state index contributed by atoms with van der Waals surface area (Å²) < 4.78 is 32.6. The van der Waals surface area contributed by atoms with Gasteiger partial charge in [0.1, 0.15) is 23.5 Å². The first kappa shape index (κ1) is 15.2. The number of hydrogen-bond donors (Lipinski definition) is 1. The molecule has 0 aliphatic carbocycles. The summed E-state index contributed by atoms with van der Waals surface area (Å²) in [6, 6.07) is 5.38. The van der Waals surface area contributed by atoms with Crippen LogP contribution >= 0.6 is 11.6 Å². The molecule has 2 atom stereocenters. The van der Waals surface area contributed by atoms with Crippen LogP contribution < -0.4 is 10.1 Å². The number of hydrogen-bond acceptors (Lipinski definition) is 3. The standard InChI is InChI=1S/C16H15ClF2N2O/c17-14-6-12(18)1-2-15(14)22-16(10-3-4-20-7-10)11-5-13(19)9-21-8-11/h1-2,5-6,8-10,16,20H,3-4,7H2/t10-,16+/m0/s1. The first-order chi connectivity index (χ1) is 10.6. The molecule has 116 valence electrons.